The summed E-state index contributed by atoms with van der Waals surface area (Å²) in [6.45, 7) is 0. The molecule has 98 valence electrons. The third-order valence-electron chi connectivity index (χ3n) is 2.19. The summed E-state index contributed by atoms with van der Waals surface area (Å²) < 4.78 is 0.786. The fourth-order valence-corrected chi connectivity index (χ4v) is 3.34. The molecule has 0 spiro atoms. The Morgan fingerprint density at radius 2 is 2.16 bits per heavy atom. The van der Waals surface area contributed by atoms with Crippen molar-refractivity contribution in [1.29, 1.82) is 0 Å². The molecule has 0 bridgehead atoms. The van der Waals surface area contributed by atoms with Crippen molar-refractivity contribution >= 4 is 51.0 Å². The molecule has 3 aromatic rings. The number of fused-ring (bicyclic) bond motifs is 1. The zero-order valence-corrected chi connectivity index (χ0v) is 12.3. The predicted molar refractivity (Wildman–Crippen MR) is 75.1 cm³/mol. The van der Waals surface area contributed by atoms with Crippen molar-refractivity contribution in [3.8, 4) is 0 Å². The molecule has 10 heteroatoms. The van der Waals surface area contributed by atoms with Crippen molar-refractivity contribution in [2.45, 2.75) is 9.37 Å². The SMILES string of the molecule is CN(C)c1nnc(Sc2nc(Cl)nc3nc[nH]c23)s1. The van der Waals surface area contributed by atoms with Gasteiger partial charge in [0.25, 0.3) is 0 Å². The summed E-state index contributed by atoms with van der Waals surface area (Å²) in [6, 6.07) is 0. The Kier molecular flexibility index (Phi) is 3.25. The van der Waals surface area contributed by atoms with E-state index in [2.05, 4.69) is 30.1 Å². The minimum Gasteiger partial charge on any atom is -0.353 e. The van der Waals surface area contributed by atoms with Gasteiger partial charge in [0.05, 0.1) is 6.33 Å². The lowest BCUT2D eigenvalue weighted by molar-refractivity contribution is 0.970. The van der Waals surface area contributed by atoms with Gasteiger partial charge in [-0.3, -0.25) is 0 Å². The maximum absolute atomic E-state index is 5.87. The molecule has 0 aromatic carbocycles. The van der Waals surface area contributed by atoms with Gasteiger partial charge in [-0.2, -0.15) is 4.98 Å². The lowest BCUT2D eigenvalue weighted by Gasteiger charge is -2.03. The van der Waals surface area contributed by atoms with E-state index in [4.69, 9.17) is 11.6 Å². The number of hydrogen-bond donors (Lipinski definition) is 1. The van der Waals surface area contributed by atoms with Crippen LogP contribution in [0.2, 0.25) is 5.28 Å². The number of nitrogens with zero attached hydrogens (tertiary/aromatic N) is 6. The van der Waals surface area contributed by atoms with Crippen molar-refractivity contribution in [1.82, 2.24) is 30.1 Å². The van der Waals surface area contributed by atoms with Gasteiger partial charge in [0.15, 0.2) is 9.99 Å². The maximum atomic E-state index is 5.87. The van der Waals surface area contributed by atoms with E-state index in [0.717, 1.165) is 15.0 Å². The van der Waals surface area contributed by atoms with E-state index >= 15 is 0 Å². The van der Waals surface area contributed by atoms with E-state index in [-0.39, 0.29) is 5.28 Å². The summed E-state index contributed by atoms with van der Waals surface area (Å²) in [4.78, 5) is 17.2. The molecule has 3 aromatic heterocycles. The van der Waals surface area contributed by atoms with E-state index in [9.17, 15) is 0 Å². The molecule has 0 saturated carbocycles. The van der Waals surface area contributed by atoms with Gasteiger partial charge in [-0.05, 0) is 23.4 Å². The molecule has 0 fully saturated rings. The van der Waals surface area contributed by atoms with Crippen molar-refractivity contribution in [3.63, 3.8) is 0 Å². The number of aromatic nitrogens is 6. The number of aromatic amines is 1. The van der Waals surface area contributed by atoms with Crippen molar-refractivity contribution in [2.24, 2.45) is 0 Å². The molecule has 3 rings (SSSR count). The fraction of sp³-hybridized carbons (Fsp3) is 0.222. The van der Waals surface area contributed by atoms with Crippen molar-refractivity contribution in [2.75, 3.05) is 19.0 Å². The molecule has 0 saturated heterocycles. The topological polar surface area (TPSA) is 83.5 Å². The number of rotatable bonds is 3. The number of hydrogen-bond acceptors (Lipinski definition) is 8. The Hall–Kier alpha value is -1.45. The minimum absolute atomic E-state index is 0.166. The number of halogens is 1. The summed E-state index contributed by atoms with van der Waals surface area (Å²) >= 11 is 8.74. The molecular formula is C9H8ClN7S2. The highest BCUT2D eigenvalue weighted by Gasteiger charge is 2.14. The number of imidazole rings is 1. The Balaban J connectivity index is 1.97. The lowest BCUT2D eigenvalue weighted by Crippen LogP contribution is -2.07. The third-order valence-corrected chi connectivity index (χ3v) is 4.49. The van der Waals surface area contributed by atoms with Gasteiger partial charge in [-0.1, -0.05) is 11.3 Å². The van der Waals surface area contributed by atoms with Gasteiger partial charge < -0.3 is 9.88 Å². The monoisotopic (exact) mass is 313 g/mol. The predicted octanol–water partition coefficient (Wildman–Crippen LogP) is 2.07. The van der Waals surface area contributed by atoms with Crippen molar-refractivity contribution < 1.29 is 0 Å². The van der Waals surface area contributed by atoms with Gasteiger partial charge in [0, 0.05) is 14.1 Å². The molecule has 0 radical (unpaired) electrons. The quantitative estimate of drug-likeness (QED) is 0.585. The Labute approximate surface area is 121 Å². The van der Waals surface area contributed by atoms with Gasteiger partial charge in [-0.15, -0.1) is 10.2 Å². The van der Waals surface area contributed by atoms with Gasteiger partial charge in [-0.25, -0.2) is 9.97 Å². The molecule has 0 unspecified atom stereocenters. The van der Waals surface area contributed by atoms with Crippen LogP contribution in [0.4, 0.5) is 5.13 Å². The Morgan fingerprint density at radius 1 is 1.32 bits per heavy atom. The van der Waals surface area contributed by atoms with E-state index < -0.39 is 0 Å². The maximum Gasteiger partial charge on any atom is 0.225 e. The first-order valence-electron chi connectivity index (χ1n) is 5.19. The van der Waals surface area contributed by atoms with Gasteiger partial charge in [0.2, 0.25) is 10.4 Å². The van der Waals surface area contributed by atoms with Crippen LogP contribution in [0, 0.1) is 0 Å². The fourth-order valence-electron chi connectivity index (χ4n) is 1.36. The lowest BCUT2D eigenvalue weighted by atomic mass is 10.6. The Bertz CT molecular complexity index is 722. The molecule has 0 atom stereocenters. The number of H-pyrrole nitrogens is 1. The van der Waals surface area contributed by atoms with E-state index in [1.54, 1.807) is 6.33 Å². The first-order valence-corrected chi connectivity index (χ1v) is 7.20. The van der Waals surface area contributed by atoms with Crippen LogP contribution in [0.5, 0.6) is 0 Å². The van der Waals surface area contributed by atoms with Crippen molar-refractivity contribution in [3.05, 3.63) is 11.6 Å². The smallest absolute Gasteiger partial charge is 0.225 e. The average molecular weight is 314 g/mol. The largest absolute Gasteiger partial charge is 0.353 e. The second-order valence-electron chi connectivity index (χ2n) is 3.75. The molecule has 7 nitrogen and oxygen atoms in total. The number of nitrogens with one attached hydrogen (secondary N) is 1. The highest BCUT2D eigenvalue weighted by atomic mass is 35.5. The van der Waals surface area contributed by atoms with Gasteiger partial charge in [0.1, 0.15) is 10.5 Å². The summed E-state index contributed by atoms with van der Waals surface area (Å²) in [5.74, 6) is 0. The summed E-state index contributed by atoms with van der Waals surface area (Å²) in [5.41, 5.74) is 1.29. The van der Waals surface area contributed by atoms with Crippen LogP contribution in [-0.2, 0) is 0 Å². The van der Waals surface area contributed by atoms with Gasteiger partial charge >= 0.3 is 0 Å². The Morgan fingerprint density at radius 3 is 2.89 bits per heavy atom. The molecule has 0 amide bonds. The highest BCUT2D eigenvalue weighted by Crippen LogP contribution is 2.34. The third kappa shape index (κ3) is 2.48. The van der Waals surface area contributed by atoms with E-state index in [1.807, 2.05) is 19.0 Å². The van der Waals surface area contributed by atoms with Crippen LogP contribution in [0.15, 0.2) is 15.7 Å². The zero-order valence-electron chi connectivity index (χ0n) is 9.96. The standard InChI is InChI=1S/C9H8ClN7S2/c1-17(2)8-15-16-9(19-8)18-6-4-5(12-3-11-4)13-7(10)14-6/h3H,1-2H3,(H,11,12,13,14). The summed E-state index contributed by atoms with van der Waals surface area (Å²) in [5, 5.41) is 9.87. The molecule has 1 N–H and O–H groups in total. The van der Waals surface area contributed by atoms with Crippen LogP contribution >= 0.6 is 34.7 Å². The summed E-state index contributed by atoms with van der Waals surface area (Å²) in [7, 11) is 3.84. The minimum atomic E-state index is 0.166. The molecular weight excluding hydrogens is 306 g/mol. The van der Waals surface area contributed by atoms with Crippen LogP contribution < -0.4 is 4.90 Å². The van der Waals surface area contributed by atoms with Crippen LogP contribution in [0.25, 0.3) is 11.2 Å². The highest BCUT2D eigenvalue weighted by molar-refractivity contribution is 8.01. The zero-order chi connectivity index (χ0) is 13.4. The normalized spacial score (nSPS) is 11.1. The average Bonchev–Trinajstić information content (AvgIpc) is 2.96. The first-order chi connectivity index (χ1) is 9.13. The van der Waals surface area contributed by atoms with E-state index in [1.165, 1.54) is 23.1 Å². The second kappa shape index (κ2) is 4.91. The van der Waals surface area contributed by atoms with Crippen LogP contribution in [-0.4, -0.2) is 44.2 Å². The second-order valence-corrected chi connectivity index (χ2v) is 6.28. The molecule has 0 aliphatic carbocycles. The van der Waals surface area contributed by atoms with Crippen LogP contribution in [0.3, 0.4) is 0 Å². The molecule has 0 aliphatic heterocycles. The van der Waals surface area contributed by atoms with Crippen LogP contribution in [0.1, 0.15) is 0 Å². The molecule has 3 heterocycles. The number of anilines is 1. The first kappa shape index (κ1) is 12.6. The van der Waals surface area contributed by atoms with E-state index in [0.29, 0.717) is 10.7 Å². The summed E-state index contributed by atoms with van der Waals surface area (Å²) in [6.07, 6.45) is 1.56. The molecule has 0 aliphatic rings. The molecule has 19 heavy (non-hydrogen) atoms.